The Morgan fingerprint density at radius 1 is 1.38 bits per heavy atom. The third kappa shape index (κ3) is 2.07. The van der Waals surface area contributed by atoms with Crippen molar-refractivity contribution in [2.75, 3.05) is 34.4 Å². The number of morpholine rings is 1. The van der Waals surface area contributed by atoms with E-state index in [-0.39, 0.29) is 11.8 Å². The zero-order valence-electron chi connectivity index (χ0n) is 10.2. The Morgan fingerprint density at radius 2 is 1.94 bits per heavy atom. The molecule has 2 fully saturated rings. The molecule has 0 saturated carbocycles. The third-order valence-electron chi connectivity index (χ3n) is 3.82. The second-order valence-corrected chi connectivity index (χ2v) is 4.70. The quantitative estimate of drug-likeness (QED) is 0.629. The minimum Gasteiger partial charge on any atom is -0.378 e. The van der Waals surface area contributed by atoms with Crippen molar-refractivity contribution in [2.24, 2.45) is 5.92 Å². The molecule has 0 spiro atoms. The number of likely N-dealkylation sites (N-methyl/N-ethyl adjacent to an activating group) is 1. The summed E-state index contributed by atoms with van der Waals surface area (Å²) in [6.45, 7) is 1.49. The number of hydrogen-bond acceptors (Lipinski definition) is 4. The van der Waals surface area contributed by atoms with Crippen LogP contribution in [0, 0.1) is 5.92 Å². The normalized spacial score (nSPS) is 34.8. The molecule has 2 aliphatic rings. The second-order valence-electron chi connectivity index (χ2n) is 4.70. The fourth-order valence-electron chi connectivity index (χ4n) is 2.64. The number of hydroxylamine groups is 2. The molecule has 0 radical (unpaired) electrons. The van der Waals surface area contributed by atoms with Gasteiger partial charge in [0, 0.05) is 25.0 Å². The number of carbonyl (C=O) groups excluding carboxylic acids is 1. The fraction of sp³-hybridized carbons (Fsp3) is 0.909. The van der Waals surface area contributed by atoms with Crippen molar-refractivity contribution in [2.45, 2.75) is 24.9 Å². The first kappa shape index (κ1) is 11.8. The van der Waals surface area contributed by atoms with Crippen molar-refractivity contribution in [1.82, 2.24) is 9.96 Å². The highest BCUT2D eigenvalue weighted by Crippen LogP contribution is 2.31. The van der Waals surface area contributed by atoms with Gasteiger partial charge in [0.05, 0.1) is 20.3 Å². The lowest BCUT2D eigenvalue weighted by Crippen LogP contribution is -2.56. The Morgan fingerprint density at radius 3 is 2.44 bits per heavy atom. The van der Waals surface area contributed by atoms with Gasteiger partial charge in [0.15, 0.2) is 0 Å². The first-order valence-corrected chi connectivity index (χ1v) is 5.74. The van der Waals surface area contributed by atoms with Gasteiger partial charge in [0.25, 0.3) is 0 Å². The number of rotatable bonds is 2. The summed E-state index contributed by atoms with van der Waals surface area (Å²) in [7, 11) is 5.32. The molecule has 2 atom stereocenters. The largest absolute Gasteiger partial charge is 0.378 e. The predicted octanol–water partition coefficient (Wildman–Crippen LogP) is 0.115. The molecule has 0 aromatic rings. The summed E-state index contributed by atoms with van der Waals surface area (Å²) >= 11 is 0. The lowest BCUT2D eigenvalue weighted by molar-refractivity contribution is -0.179. The van der Waals surface area contributed by atoms with Crippen LogP contribution < -0.4 is 0 Å². The number of ether oxygens (including phenoxy) is 1. The monoisotopic (exact) mass is 228 g/mol. The number of carbonyl (C=O) groups is 1. The first-order chi connectivity index (χ1) is 7.63. The van der Waals surface area contributed by atoms with Crippen LogP contribution in [0.4, 0.5) is 0 Å². The van der Waals surface area contributed by atoms with Crippen molar-refractivity contribution in [1.29, 1.82) is 0 Å². The molecule has 5 nitrogen and oxygen atoms in total. The van der Waals surface area contributed by atoms with Gasteiger partial charge in [-0.05, 0) is 19.9 Å². The van der Waals surface area contributed by atoms with E-state index in [9.17, 15) is 4.79 Å². The molecule has 1 amide bonds. The van der Waals surface area contributed by atoms with Crippen LogP contribution in [0.5, 0.6) is 0 Å². The van der Waals surface area contributed by atoms with E-state index in [1.165, 1.54) is 12.2 Å². The number of piperidine rings is 1. The van der Waals surface area contributed by atoms with Crippen LogP contribution in [0.2, 0.25) is 0 Å². The summed E-state index contributed by atoms with van der Waals surface area (Å²) in [6, 6.07) is 0.762. The highest BCUT2D eigenvalue weighted by Gasteiger charge is 2.40. The number of nitrogens with zero attached hydrogens (tertiary/aromatic N) is 2. The summed E-state index contributed by atoms with van der Waals surface area (Å²) in [4.78, 5) is 19.3. The molecule has 0 N–H and O–H groups in total. The molecule has 2 heterocycles. The molecule has 0 aromatic carbocycles. The molecule has 92 valence electrons. The highest BCUT2D eigenvalue weighted by molar-refractivity contribution is 5.77. The van der Waals surface area contributed by atoms with Gasteiger partial charge in [-0.2, -0.15) is 0 Å². The van der Waals surface area contributed by atoms with Crippen LogP contribution >= 0.6 is 0 Å². The van der Waals surface area contributed by atoms with Crippen molar-refractivity contribution >= 4 is 5.91 Å². The van der Waals surface area contributed by atoms with Crippen LogP contribution in [0.15, 0.2) is 0 Å². The van der Waals surface area contributed by atoms with Gasteiger partial charge in [-0.15, -0.1) is 0 Å². The van der Waals surface area contributed by atoms with Crippen molar-refractivity contribution in [3.63, 3.8) is 0 Å². The SMILES string of the molecule is CON(C)C(=O)C1CC2COCC(C1)N2C. The van der Waals surface area contributed by atoms with E-state index in [0.29, 0.717) is 12.1 Å². The first-order valence-electron chi connectivity index (χ1n) is 5.74. The van der Waals surface area contributed by atoms with E-state index in [1.54, 1.807) is 7.05 Å². The molecule has 2 rings (SSSR count). The maximum Gasteiger partial charge on any atom is 0.249 e. The average molecular weight is 228 g/mol. The Balaban J connectivity index is 2.01. The lowest BCUT2D eigenvalue weighted by Gasteiger charge is -2.46. The summed E-state index contributed by atoms with van der Waals surface area (Å²) < 4.78 is 5.52. The minimum absolute atomic E-state index is 0.0834. The van der Waals surface area contributed by atoms with Crippen LogP contribution in [0.25, 0.3) is 0 Å². The number of amides is 1. The molecule has 2 bridgehead atoms. The van der Waals surface area contributed by atoms with E-state index in [1.807, 2.05) is 0 Å². The zero-order valence-corrected chi connectivity index (χ0v) is 10.2. The summed E-state index contributed by atoms with van der Waals surface area (Å²) in [5.41, 5.74) is 0. The fourth-order valence-corrected chi connectivity index (χ4v) is 2.64. The molecule has 0 aromatic heterocycles. The van der Waals surface area contributed by atoms with Gasteiger partial charge in [-0.25, -0.2) is 5.06 Å². The Kier molecular flexibility index (Phi) is 3.47. The molecule has 2 saturated heterocycles. The van der Waals surface area contributed by atoms with Gasteiger partial charge in [0.1, 0.15) is 0 Å². The number of hydrogen-bond donors (Lipinski definition) is 0. The smallest absolute Gasteiger partial charge is 0.249 e. The van der Waals surface area contributed by atoms with Crippen LogP contribution in [0.3, 0.4) is 0 Å². The molecule has 5 heteroatoms. The molecular formula is C11H20N2O3. The Bertz CT molecular complexity index is 258. The maximum absolute atomic E-state index is 12.0. The van der Waals surface area contributed by atoms with Crippen LogP contribution in [0.1, 0.15) is 12.8 Å². The standard InChI is InChI=1S/C11H20N2O3/c1-12-9-4-8(11(14)13(2)15-3)5-10(12)7-16-6-9/h8-10H,4-7H2,1-3H3. The van der Waals surface area contributed by atoms with Gasteiger partial charge < -0.3 is 4.74 Å². The maximum atomic E-state index is 12.0. The minimum atomic E-state index is 0.0834. The Hall–Kier alpha value is -0.650. The second kappa shape index (κ2) is 4.69. The average Bonchev–Trinajstić information content (AvgIpc) is 2.26. The summed E-state index contributed by atoms with van der Waals surface area (Å²) in [5.74, 6) is 0.174. The number of fused-ring (bicyclic) bond motifs is 2. The summed E-state index contributed by atoms with van der Waals surface area (Å²) in [5, 5.41) is 1.34. The van der Waals surface area contributed by atoms with E-state index in [0.717, 1.165) is 26.1 Å². The topological polar surface area (TPSA) is 42.0 Å². The molecular weight excluding hydrogens is 208 g/mol. The van der Waals surface area contributed by atoms with Gasteiger partial charge in [-0.1, -0.05) is 0 Å². The Labute approximate surface area is 96.2 Å². The molecule has 2 unspecified atom stereocenters. The zero-order chi connectivity index (χ0) is 11.7. The van der Waals surface area contributed by atoms with Crippen molar-refractivity contribution in [3.8, 4) is 0 Å². The van der Waals surface area contributed by atoms with Crippen LogP contribution in [-0.4, -0.2) is 62.4 Å². The van der Waals surface area contributed by atoms with E-state index < -0.39 is 0 Å². The van der Waals surface area contributed by atoms with Gasteiger partial charge in [-0.3, -0.25) is 14.5 Å². The van der Waals surface area contributed by atoms with Crippen molar-refractivity contribution in [3.05, 3.63) is 0 Å². The van der Waals surface area contributed by atoms with E-state index in [4.69, 9.17) is 9.57 Å². The summed E-state index contributed by atoms with van der Waals surface area (Å²) in [6.07, 6.45) is 1.75. The van der Waals surface area contributed by atoms with E-state index in [2.05, 4.69) is 11.9 Å². The molecule has 2 aliphatic heterocycles. The van der Waals surface area contributed by atoms with Gasteiger partial charge >= 0.3 is 0 Å². The van der Waals surface area contributed by atoms with E-state index >= 15 is 0 Å². The molecule has 16 heavy (non-hydrogen) atoms. The lowest BCUT2D eigenvalue weighted by atomic mass is 9.85. The van der Waals surface area contributed by atoms with Crippen molar-refractivity contribution < 1.29 is 14.4 Å². The van der Waals surface area contributed by atoms with Gasteiger partial charge in [0.2, 0.25) is 5.91 Å². The predicted molar refractivity (Wildman–Crippen MR) is 58.7 cm³/mol. The third-order valence-corrected chi connectivity index (χ3v) is 3.82. The van der Waals surface area contributed by atoms with Crippen LogP contribution in [-0.2, 0) is 14.4 Å². The highest BCUT2D eigenvalue weighted by atomic mass is 16.7. The molecule has 0 aliphatic carbocycles.